The lowest BCUT2D eigenvalue weighted by Gasteiger charge is -2.10. The first-order chi connectivity index (χ1) is 9.91. The van der Waals surface area contributed by atoms with Crippen molar-refractivity contribution in [2.24, 2.45) is 0 Å². The Hall–Kier alpha value is -1.66. The van der Waals surface area contributed by atoms with Crippen molar-refractivity contribution in [3.63, 3.8) is 0 Å². The molecule has 1 aromatic carbocycles. The average Bonchev–Trinajstić information content (AvgIpc) is 2.88. The zero-order valence-corrected chi connectivity index (χ0v) is 13.2. The van der Waals surface area contributed by atoms with Gasteiger partial charge in [0.1, 0.15) is 5.76 Å². The summed E-state index contributed by atoms with van der Waals surface area (Å²) in [6.45, 7) is 6.84. The highest BCUT2D eigenvalue weighted by atomic mass is 32.2. The lowest BCUT2D eigenvalue weighted by molar-refractivity contribution is 0.383. The molecule has 2 aromatic rings. The molecule has 112 valence electrons. The van der Waals surface area contributed by atoms with Gasteiger partial charge >= 0.3 is 5.22 Å². The first kappa shape index (κ1) is 14.3. The third-order valence-corrected chi connectivity index (χ3v) is 5.75. The number of fused-ring (bicyclic) bond motifs is 1. The van der Waals surface area contributed by atoms with Gasteiger partial charge in [-0.25, -0.2) is 13.4 Å². The minimum absolute atomic E-state index is 0.187. The van der Waals surface area contributed by atoms with Crippen molar-refractivity contribution in [1.29, 1.82) is 0 Å². The second-order valence-corrected chi connectivity index (χ2v) is 7.20. The maximum Gasteiger partial charge on any atom is 0.320 e. The Morgan fingerprint density at radius 2 is 1.90 bits per heavy atom. The number of hydrogen-bond acceptors (Lipinski definition) is 5. The van der Waals surface area contributed by atoms with Crippen molar-refractivity contribution in [2.45, 2.75) is 43.9 Å². The lowest BCUT2D eigenvalue weighted by Crippen LogP contribution is -2.22. The largest absolute Gasteiger partial charge is 0.431 e. The zero-order valence-electron chi connectivity index (χ0n) is 12.4. The number of hydrogen-bond donors (Lipinski definition) is 1. The number of sulfone groups is 1. The predicted molar refractivity (Wildman–Crippen MR) is 78.0 cm³/mol. The summed E-state index contributed by atoms with van der Waals surface area (Å²) in [5.74, 6) is 0.628. The SMILES string of the molecule is Cc1ccc(C)c(S(=O)(=O)c2nc3c(o2)CNCC3)c1C. The molecule has 6 heteroatoms. The van der Waals surface area contributed by atoms with E-state index < -0.39 is 9.84 Å². The predicted octanol–water partition coefficient (Wildman–Crippen LogP) is 2.08. The molecular weight excluding hydrogens is 288 g/mol. The maximum absolute atomic E-state index is 12.9. The molecule has 0 saturated carbocycles. The summed E-state index contributed by atoms with van der Waals surface area (Å²) in [7, 11) is -3.72. The molecule has 2 heterocycles. The van der Waals surface area contributed by atoms with E-state index in [1.807, 2.05) is 26.0 Å². The molecule has 21 heavy (non-hydrogen) atoms. The lowest BCUT2D eigenvalue weighted by atomic mass is 10.1. The molecule has 0 unspecified atom stereocenters. The van der Waals surface area contributed by atoms with E-state index in [0.717, 1.165) is 23.4 Å². The van der Waals surface area contributed by atoms with E-state index in [2.05, 4.69) is 10.3 Å². The summed E-state index contributed by atoms with van der Waals surface area (Å²) < 4.78 is 31.3. The van der Waals surface area contributed by atoms with E-state index in [0.29, 0.717) is 29.2 Å². The molecule has 0 amide bonds. The Morgan fingerprint density at radius 3 is 2.62 bits per heavy atom. The molecule has 0 fully saturated rings. The molecule has 0 saturated heterocycles. The maximum atomic E-state index is 12.9. The summed E-state index contributed by atoms with van der Waals surface area (Å²) in [5, 5.41) is 2.96. The molecule has 5 nitrogen and oxygen atoms in total. The topological polar surface area (TPSA) is 72.2 Å². The second kappa shape index (κ2) is 4.96. The first-order valence-corrected chi connectivity index (χ1v) is 8.41. The van der Waals surface area contributed by atoms with Crippen molar-refractivity contribution < 1.29 is 12.8 Å². The monoisotopic (exact) mass is 306 g/mol. The van der Waals surface area contributed by atoms with Crippen LogP contribution in [0, 0.1) is 20.8 Å². The van der Waals surface area contributed by atoms with Crippen LogP contribution in [0.15, 0.2) is 26.7 Å². The molecule has 3 rings (SSSR count). The van der Waals surface area contributed by atoms with Crippen LogP contribution in [0.4, 0.5) is 0 Å². The fraction of sp³-hybridized carbons (Fsp3) is 0.400. The number of rotatable bonds is 2. The van der Waals surface area contributed by atoms with Gasteiger partial charge in [-0.3, -0.25) is 0 Å². The van der Waals surface area contributed by atoms with Gasteiger partial charge in [-0.05, 0) is 37.5 Å². The summed E-state index contributed by atoms with van der Waals surface area (Å²) in [6, 6.07) is 3.74. The van der Waals surface area contributed by atoms with Crippen LogP contribution in [-0.4, -0.2) is 19.9 Å². The summed E-state index contributed by atoms with van der Waals surface area (Å²) in [5.41, 5.74) is 3.16. The number of oxazole rings is 1. The highest BCUT2D eigenvalue weighted by Gasteiger charge is 2.30. The Kier molecular flexibility index (Phi) is 3.37. The van der Waals surface area contributed by atoms with Gasteiger partial charge in [0, 0.05) is 13.0 Å². The van der Waals surface area contributed by atoms with Gasteiger partial charge in [0.15, 0.2) is 0 Å². The molecule has 0 bridgehead atoms. The third kappa shape index (κ3) is 2.28. The van der Waals surface area contributed by atoms with Gasteiger partial charge in [0.05, 0.1) is 17.1 Å². The fourth-order valence-corrected chi connectivity index (χ4v) is 4.31. The van der Waals surface area contributed by atoms with E-state index in [1.165, 1.54) is 0 Å². The Morgan fingerprint density at radius 1 is 1.19 bits per heavy atom. The Bertz CT molecular complexity index is 783. The highest BCUT2D eigenvalue weighted by Crippen LogP contribution is 2.30. The molecule has 1 aliphatic heterocycles. The molecule has 1 aromatic heterocycles. The van der Waals surface area contributed by atoms with Crippen LogP contribution < -0.4 is 5.32 Å². The Balaban J connectivity index is 2.17. The van der Waals surface area contributed by atoms with Crippen LogP contribution >= 0.6 is 0 Å². The normalized spacial score (nSPS) is 15.0. The van der Waals surface area contributed by atoms with Crippen LogP contribution in [0.25, 0.3) is 0 Å². The average molecular weight is 306 g/mol. The number of benzene rings is 1. The number of aromatic nitrogens is 1. The van der Waals surface area contributed by atoms with Crippen molar-refractivity contribution in [3.05, 3.63) is 40.3 Å². The number of nitrogens with one attached hydrogen (secondary N) is 1. The van der Waals surface area contributed by atoms with Gasteiger partial charge < -0.3 is 9.73 Å². The minimum Gasteiger partial charge on any atom is -0.431 e. The van der Waals surface area contributed by atoms with Crippen LogP contribution in [0.2, 0.25) is 0 Å². The van der Waals surface area contributed by atoms with Crippen molar-refractivity contribution >= 4 is 9.84 Å². The van der Waals surface area contributed by atoms with E-state index in [4.69, 9.17) is 4.42 Å². The molecule has 1 aliphatic rings. The van der Waals surface area contributed by atoms with Gasteiger partial charge in [-0.15, -0.1) is 0 Å². The molecular formula is C15H18N2O3S. The first-order valence-electron chi connectivity index (χ1n) is 6.92. The van der Waals surface area contributed by atoms with E-state index in [9.17, 15) is 8.42 Å². The van der Waals surface area contributed by atoms with Crippen LogP contribution in [-0.2, 0) is 22.8 Å². The zero-order chi connectivity index (χ0) is 15.2. The van der Waals surface area contributed by atoms with Crippen LogP contribution in [0.3, 0.4) is 0 Å². The standard InChI is InChI=1S/C15H18N2O3S/c1-9-4-5-10(2)14(11(9)3)21(18,19)15-17-12-6-7-16-8-13(12)20-15/h4-5,16H,6-8H2,1-3H3. The van der Waals surface area contributed by atoms with Gasteiger partial charge in [0.2, 0.25) is 0 Å². The third-order valence-electron chi connectivity index (χ3n) is 3.95. The van der Waals surface area contributed by atoms with E-state index in [-0.39, 0.29) is 5.22 Å². The highest BCUT2D eigenvalue weighted by molar-refractivity contribution is 7.91. The van der Waals surface area contributed by atoms with Gasteiger partial charge in [-0.1, -0.05) is 12.1 Å². The fourth-order valence-electron chi connectivity index (χ4n) is 2.64. The van der Waals surface area contributed by atoms with Crippen LogP contribution in [0.1, 0.15) is 28.1 Å². The molecule has 0 spiro atoms. The summed E-state index contributed by atoms with van der Waals surface area (Å²) >= 11 is 0. The Labute approximate surface area is 124 Å². The quantitative estimate of drug-likeness (QED) is 0.919. The van der Waals surface area contributed by atoms with Crippen LogP contribution in [0.5, 0.6) is 0 Å². The number of aryl methyl sites for hydroxylation is 2. The molecule has 0 aliphatic carbocycles. The van der Waals surface area contributed by atoms with Gasteiger partial charge in [0.25, 0.3) is 9.84 Å². The van der Waals surface area contributed by atoms with E-state index in [1.54, 1.807) is 6.92 Å². The molecule has 0 radical (unpaired) electrons. The smallest absolute Gasteiger partial charge is 0.320 e. The van der Waals surface area contributed by atoms with E-state index >= 15 is 0 Å². The molecule has 0 atom stereocenters. The van der Waals surface area contributed by atoms with Crippen molar-refractivity contribution in [2.75, 3.05) is 6.54 Å². The molecule has 1 N–H and O–H groups in total. The minimum atomic E-state index is -3.72. The second-order valence-electron chi connectivity index (χ2n) is 5.43. The number of nitrogens with zero attached hydrogens (tertiary/aromatic N) is 1. The summed E-state index contributed by atoms with van der Waals surface area (Å²) in [4.78, 5) is 4.53. The van der Waals surface area contributed by atoms with Gasteiger partial charge in [-0.2, -0.15) is 0 Å². The van der Waals surface area contributed by atoms with Crippen molar-refractivity contribution in [1.82, 2.24) is 10.3 Å². The van der Waals surface area contributed by atoms with Crippen molar-refractivity contribution in [3.8, 4) is 0 Å². The summed E-state index contributed by atoms with van der Waals surface area (Å²) in [6.07, 6.45) is 0.695.